The summed E-state index contributed by atoms with van der Waals surface area (Å²) in [5.41, 5.74) is 6.36. The average Bonchev–Trinajstić information content (AvgIpc) is 2.16. The molecule has 1 amide bonds. The number of nitrogens with two attached hydrogens (primary N) is 1. The summed E-state index contributed by atoms with van der Waals surface area (Å²) in [7, 11) is 2.96. The predicted molar refractivity (Wildman–Crippen MR) is 60.5 cm³/mol. The minimum absolute atomic E-state index is 0.256. The number of primary amides is 1. The van der Waals surface area contributed by atoms with E-state index in [1.165, 1.54) is 14.2 Å². The van der Waals surface area contributed by atoms with Gasteiger partial charge in [-0.15, -0.1) is 0 Å². The lowest BCUT2D eigenvalue weighted by Gasteiger charge is -2.14. The maximum absolute atomic E-state index is 11.3. The lowest BCUT2D eigenvalue weighted by atomic mass is 10.1. The normalized spacial score (nSPS) is 9.87. The number of carbonyl (C=O) groups is 1. The van der Waals surface area contributed by atoms with Crippen molar-refractivity contribution >= 4 is 21.8 Å². The number of hydrogen-bond acceptors (Lipinski definition) is 3. The molecule has 0 saturated carbocycles. The summed E-state index contributed by atoms with van der Waals surface area (Å²) in [6, 6.07) is 1.81. The molecule has 5 heteroatoms. The van der Waals surface area contributed by atoms with E-state index in [-0.39, 0.29) is 5.56 Å². The molecule has 0 heterocycles. The molecule has 0 aromatic heterocycles. The van der Waals surface area contributed by atoms with Crippen LogP contribution in [0.4, 0.5) is 0 Å². The van der Waals surface area contributed by atoms with Crippen LogP contribution in [0.2, 0.25) is 0 Å². The van der Waals surface area contributed by atoms with Crippen molar-refractivity contribution in [2.45, 2.75) is 6.92 Å². The predicted octanol–water partition coefficient (Wildman–Crippen LogP) is 1.87. The molecule has 0 spiro atoms. The zero-order chi connectivity index (χ0) is 11.6. The van der Waals surface area contributed by atoms with Crippen LogP contribution in [0.1, 0.15) is 15.9 Å². The van der Waals surface area contributed by atoms with Crippen molar-refractivity contribution < 1.29 is 14.3 Å². The largest absolute Gasteiger partial charge is 0.495 e. The minimum atomic E-state index is -0.576. The molecular weight excluding hydrogens is 262 g/mol. The van der Waals surface area contributed by atoms with Gasteiger partial charge >= 0.3 is 0 Å². The van der Waals surface area contributed by atoms with E-state index in [0.717, 1.165) is 5.56 Å². The molecule has 0 atom stereocenters. The van der Waals surface area contributed by atoms with Gasteiger partial charge in [0.1, 0.15) is 17.1 Å². The highest BCUT2D eigenvalue weighted by atomic mass is 79.9. The summed E-state index contributed by atoms with van der Waals surface area (Å²) in [6.07, 6.45) is 0. The van der Waals surface area contributed by atoms with Crippen LogP contribution in [-0.4, -0.2) is 20.1 Å². The molecule has 0 aliphatic heterocycles. The maximum atomic E-state index is 11.3. The Balaban J connectivity index is 3.58. The van der Waals surface area contributed by atoms with E-state index in [2.05, 4.69) is 15.9 Å². The minimum Gasteiger partial charge on any atom is -0.495 e. The van der Waals surface area contributed by atoms with Crippen LogP contribution in [0.5, 0.6) is 11.5 Å². The highest BCUT2D eigenvalue weighted by Gasteiger charge is 2.20. The Hall–Kier alpha value is -1.23. The molecule has 1 aromatic carbocycles. The highest BCUT2D eigenvalue weighted by molar-refractivity contribution is 9.10. The molecule has 2 N–H and O–H groups in total. The van der Waals surface area contributed by atoms with Gasteiger partial charge in [-0.1, -0.05) is 0 Å². The fraction of sp³-hybridized carbons (Fsp3) is 0.300. The van der Waals surface area contributed by atoms with Gasteiger partial charge in [-0.25, -0.2) is 0 Å². The fourth-order valence-electron chi connectivity index (χ4n) is 1.43. The Morgan fingerprint density at radius 1 is 1.33 bits per heavy atom. The van der Waals surface area contributed by atoms with Gasteiger partial charge in [-0.05, 0) is 34.5 Å². The molecule has 15 heavy (non-hydrogen) atoms. The molecule has 0 fully saturated rings. The summed E-state index contributed by atoms with van der Waals surface area (Å²) >= 11 is 3.30. The van der Waals surface area contributed by atoms with Gasteiger partial charge in [0.2, 0.25) is 0 Å². The van der Waals surface area contributed by atoms with Gasteiger partial charge in [0.15, 0.2) is 0 Å². The van der Waals surface area contributed by atoms with E-state index >= 15 is 0 Å². The summed E-state index contributed by atoms with van der Waals surface area (Å²) < 4.78 is 10.9. The lowest BCUT2D eigenvalue weighted by Crippen LogP contribution is -2.15. The topological polar surface area (TPSA) is 61.6 Å². The van der Waals surface area contributed by atoms with Crippen LogP contribution in [-0.2, 0) is 0 Å². The number of aryl methyl sites for hydroxylation is 1. The second-order valence-corrected chi connectivity index (χ2v) is 3.84. The summed E-state index contributed by atoms with van der Waals surface area (Å²) in [4.78, 5) is 11.3. The number of hydrogen-bond donors (Lipinski definition) is 1. The van der Waals surface area contributed by atoms with Gasteiger partial charge in [0.25, 0.3) is 5.91 Å². The van der Waals surface area contributed by atoms with Gasteiger partial charge in [-0.2, -0.15) is 0 Å². The van der Waals surface area contributed by atoms with Gasteiger partial charge in [0, 0.05) is 0 Å². The number of ether oxygens (including phenoxy) is 2. The van der Waals surface area contributed by atoms with E-state index in [0.29, 0.717) is 16.0 Å². The molecule has 0 saturated heterocycles. The number of rotatable bonds is 3. The quantitative estimate of drug-likeness (QED) is 0.915. The molecular formula is C10H12BrNO3. The van der Waals surface area contributed by atoms with Crippen molar-refractivity contribution in [2.75, 3.05) is 14.2 Å². The van der Waals surface area contributed by atoms with E-state index < -0.39 is 5.91 Å². The van der Waals surface area contributed by atoms with Gasteiger partial charge < -0.3 is 15.2 Å². The second-order valence-electron chi connectivity index (χ2n) is 2.98. The Bertz CT molecular complexity index is 376. The van der Waals surface area contributed by atoms with E-state index in [9.17, 15) is 4.79 Å². The first kappa shape index (κ1) is 11.8. The molecule has 1 rings (SSSR count). The van der Waals surface area contributed by atoms with Crippen molar-refractivity contribution in [1.82, 2.24) is 0 Å². The van der Waals surface area contributed by atoms with Crippen LogP contribution in [0.15, 0.2) is 10.5 Å². The Labute approximate surface area is 96.5 Å². The molecule has 0 aliphatic carbocycles. The van der Waals surface area contributed by atoms with Gasteiger partial charge in [-0.3, -0.25) is 4.79 Å². The Kier molecular flexibility index (Phi) is 3.57. The highest BCUT2D eigenvalue weighted by Crippen LogP contribution is 2.37. The molecule has 0 aliphatic rings. The Morgan fingerprint density at radius 2 is 1.87 bits per heavy atom. The molecule has 0 bridgehead atoms. The second kappa shape index (κ2) is 4.53. The third kappa shape index (κ3) is 2.07. The molecule has 82 valence electrons. The first-order chi connectivity index (χ1) is 7.02. The summed E-state index contributed by atoms with van der Waals surface area (Å²) in [5, 5.41) is 0. The number of benzene rings is 1. The lowest BCUT2D eigenvalue weighted by molar-refractivity contribution is 0.0994. The number of methoxy groups -OCH3 is 2. The van der Waals surface area contributed by atoms with Crippen LogP contribution in [0, 0.1) is 6.92 Å². The van der Waals surface area contributed by atoms with E-state index in [4.69, 9.17) is 15.2 Å². The maximum Gasteiger partial charge on any atom is 0.256 e. The molecule has 0 radical (unpaired) electrons. The van der Waals surface area contributed by atoms with Crippen LogP contribution < -0.4 is 15.2 Å². The van der Waals surface area contributed by atoms with Crippen molar-refractivity contribution in [3.8, 4) is 11.5 Å². The van der Waals surface area contributed by atoms with Crippen molar-refractivity contribution in [2.24, 2.45) is 5.73 Å². The van der Waals surface area contributed by atoms with Gasteiger partial charge in [0.05, 0.1) is 18.7 Å². The first-order valence-corrected chi connectivity index (χ1v) is 5.03. The number of carbonyl (C=O) groups excluding carboxylic acids is 1. The molecule has 1 aromatic rings. The van der Waals surface area contributed by atoms with E-state index in [1.54, 1.807) is 0 Å². The molecule has 0 unspecified atom stereocenters. The molecule has 4 nitrogen and oxygen atoms in total. The van der Waals surface area contributed by atoms with Crippen molar-refractivity contribution in [1.29, 1.82) is 0 Å². The van der Waals surface area contributed by atoms with Crippen LogP contribution in [0.25, 0.3) is 0 Å². The SMILES string of the molecule is COc1c(C)cc(Br)c(OC)c1C(N)=O. The van der Waals surface area contributed by atoms with Crippen molar-refractivity contribution in [3.05, 3.63) is 21.7 Å². The smallest absolute Gasteiger partial charge is 0.256 e. The monoisotopic (exact) mass is 273 g/mol. The average molecular weight is 274 g/mol. The number of halogens is 1. The Morgan fingerprint density at radius 3 is 2.27 bits per heavy atom. The van der Waals surface area contributed by atoms with E-state index in [1.807, 2.05) is 13.0 Å². The summed E-state index contributed by atoms with van der Waals surface area (Å²) in [5.74, 6) is 0.264. The number of amides is 1. The third-order valence-corrected chi connectivity index (χ3v) is 2.62. The summed E-state index contributed by atoms with van der Waals surface area (Å²) in [6.45, 7) is 1.83. The zero-order valence-electron chi connectivity index (χ0n) is 8.76. The first-order valence-electron chi connectivity index (χ1n) is 4.23. The standard InChI is InChI=1S/C10H12BrNO3/c1-5-4-6(11)9(15-3)7(10(12)13)8(5)14-2/h4H,1-3H3,(H2,12,13). The van der Waals surface area contributed by atoms with Crippen molar-refractivity contribution in [3.63, 3.8) is 0 Å². The van der Waals surface area contributed by atoms with Crippen LogP contribution in [0.3, 0.4) is 0 Å². The fourth-order valence-corrected chi connectivity index (χ4v) is 2.13. The third-order valence-electron chi connectivity index (χ3n) is 2.03. The zero-order valence-corrected chi connectivity index (χ0v) is 10.3. The van der Waals surface area contributed by atoms with Crippen LogP contribution >= 0.6 is 15.9 Å².